The van der Waals surface area contributed by atoms with Gasteiger partial charge in [-0.05, 0) is 63.6 Å². The topological polar surface area (TPSA) is 38.9 Å². The quantitative estimate of drug-likeness (QED) is 0.286. The van der Waals surface area contributed by atoms with Crippen LogP contribution in [0.5, 0.6) is 0 Å². The predicted molar refractivity (Wildman–Crippen MR) is 137 cm³/mol. The zero-order valence-corrected chi connectivity index (χ0v) is 20.0. The molecule has 0 saturated heterocycles. The standard InChI is InChI=1S/C30H30N2O/c1-19(2)12-24-14-23-17-31-18-26(29(23)33-24)21-10-11-32-28(16-21)22-13-20-8-6-7-9-25(20)27(15-22)30(3,4)5/h6-11,13-19H,12H2,1-5H3. The van der Waals surface area contributed by atoms with Crippen LogP contribution in [-0.2, 0) is 11.8 Å². The Morgan fingerprint density at radius 1 is 0.879 bits per heavy atom. The van der Waals surface area contributed by atoms with Crippen molar-refractivity contribution in [2.45, 2.75) is 46.5 Å². The summed E-state index contributed by atoms with van der Waals surface area (Å²) in [4.78, 5) is 9.23. The van der Waals surface area contributed by atoms with Crippen molar-refractivity contribution in [3.05, 3.63) is 84.5 Å². The van der Waals surface area contributed by atoms with E-state index in [2.05, 4.69) is 88.1 Å². The minimum Gasteiger partial charge on any atom is -0.460 e. The highest BCUT2D eigenvalue weighted by Crippen LogP contribution is 2.36. The molecule has 33 heavy (non-hydrogen) atoms. The fraction of sp³-hybridized carbons (Fsp3) is 0.267. The molecule has 0 unspecified atom stereocenters. The van der Waals surface area contributed by atoms with Gasteiger partial charge in [0.2, 0.25) is 0 Å². The molecule has 5 rings (SSSR count). The van der Waals surface area contributed by atoms with Crippen molar-refractivity contribution in [2.24, 2.45) is 5.92 Å². The van der Waals surface area contributed by atoms with E-state index in [4.69, 9.17) is 9.40 Å². The van der Waals surface area contributed by atoms with Crippen LogP contribution in [0, 0.1) is 5.92 Å². The normalized spacial score (nSPS) is 12.2. The van der Waals surface area contributed by atoms with Crippen LogP contribution in [0.2, 0.25) is 0 Å². The Kier molecular flexibility index (Phi) is 5.28. The number of rotatable bonds is 4. The molecule has 2 aromatic carbocycles. The lowest BCUT2D eigenvalue weighted by atomic mass is 9.82. The number of pyridine rings is 2. The van der Waals surface area contributed by atoms with Crippen LogP contribution in [-0.4, -0.2) is 9.97 Å². The molecule has 3 heterocycles. The minimum absolute atomic E-state index is 0.0315. The molecule has 0 atom stereocenters. The third-order valence-corrected chi connectivity index (χ3v) is 6.12. The lowest BCUT2D eigenvalue weighted by Gasteiger charge is -2.22. The van der Waals surface area contributed by atoms with Gasteiger partial charge in [-0.1, -0.05) is 58.9 Å². The fourth-order valence-electron chi connectivity index (χ4n) is 4.56. The van der Waals surface area contributed by atoms with Crippen LogP contribution in [0.4, 0.5) is 0 Å². The van der Waals surface area contributed by atoms with Gasteiger partial charge in [0.25, 0.3) is 0 Å². The van der Waals surface area contributed by atoms with E-state index in [1.54, 1.807) is 0 Å². The molecular weight excluding hydrogens is 404 g/mol. The molecule has 0 N–H and O–H groups in total. The molecule has 0 aliphatic heterocycles. The number of benzene rings is 2. The summed E-state index contributed by atoms with van der Waals surface area (Å²) in [7, 11) is 0. The molecule has 0 bridgehead atoms. The number of nitrogens with zero attached hydrogens (tertiary/aromatic N) is 2. The van der Waals surface area contributed by atoms with Crippen molar-refractivity contribution >= 4 is 21.7 Å². The summed E-state index contributed by atoms with van der Waals surface area (Å²) in [6.07, 6.45) is 6.58. The summed E-state index contributed by atoms with van der Waals surface area (Å²) < 4.78 is 6.27. The van der Waals surface area contributed by atoms with E-state index in [-0.39, 0.29) is 5.41 Å². The highest BCUT2D eigenvalue weighted by molar-refractivity contribution is 5.94. The molecule has 5 aromatic rings. The summed E-state index contributed by atoms with van der Waals surface area (Å²) in [6.45, 7) is 11.2. The second-order valence-electron chi connectivity index (χ2n) is 10.3. The van der Waals surface area contributed by atoms with Gasteiger partial charge in [0, 0.05) is 41.5 Å². The number of aromatic nitrogens is 2. The molecule has 0 amide bonds. The number of hydrogen-bond acceptors (Lipinski definition) is 3. The van der Waals surface area contributed by atoms with E-state index >= 15 is 0 Å². The summed E-state index contributed by atoms with van der Waals surface area (Å²) in [5.41, 5.74) is 6.40. The molecular formula is C30H30N2O. The molecule has 0 radical (unpaired) electrons. The molecule has 3 heteroatoms. The summed E-state index contributed by atoms with van der Waals surface area (Å²) in [5.74, 6) is 1.55. The van der Waals surface area contributed by atoms with Gasteiger partial charge in [0.1, 0.15) is 11.3 Å². The van der Waals surface area contributed by atoms with Crippen molar-refractivity contribution in [1.29, 1.82) is 0 Å². The van der Waals surface area contributed by atoms with Gasteiger partial charge >= 0.3 is 0 Å². The summed E-state index contributed by atoms with van der Waals surface area (Å²) >= 11 is 0. The van der Waals surface area contributed by atoms with Crippen LogP contribution >= 0.6 is 0 Å². The number of furan rings is 1. The van der Waals surface area contributed by atoms with E-state index < -0.39 is 0 Å². The average molecular weight is 435 g/mol. The van der Waals surface area contributed by atoms with Crippen molar-refractivity contribution < 1.29 is 4.42 Å². The number of fused-ring (bicyclic) bond motifs is 2. The van der Waals surface area contributed by atoms with Crippen LogP contribution in [0.15, 0.2) is 77.6 Å². The van der Waals surface area contributed by atoms with Crippen molar-refractivity contribution in [3.63, 3.8) is 0 Å². The zero-order chi connectivity index (χ0) is 23.2. The Bertz CT molecular complexity index is 1450. The van der Waals surface area contributed by atoms with Gasteiger partial charge in [0.05, 0.1) is 5.69 Å². The molecule has 0 saturated carbocycles. The van der Waals surface area contributed by atoms with Crippen molar-refractivity contribution in [2.75, 3.05) is 0 Å². The second-order valence-corrected chi connectivity index (χ2v) is 10.3. The molecule has 0 spiro atoms. The van der Waals surface area contributed by atoms with E-state index in [0.29, 0.717) is 5.92 Å². The Morgan fingerprint density at radius 2 is 1.70 bits per heavy atom. The monoisotopic (exact) mass is 434 g/mol. The maximum Gasteiger partial charge on any atom is 0.145 e. The smallest absolute Gasteiger partial charge is 0.145 e. The van der Waals surface area contributed by atoms with E-state index in [1.165, 1.54) is 16.3 Å². The second kappa shape index (κ2) is 8.15. The zero-order valence-electron chi connectivity index (χ0n) is 20.0. The predicted octanol–water partition coefficient (Wildman–Crippen LogP) is 8.21. The molecule has 166 valence electrons. The van der Waals surface area contributed by atoms with E-state index in [1.807, 2.05) is 24.7 Å². The maximum absolute atomic E-state index is 6.27. The molecule has 3 nitrogen and oxygen atoms in total. The first-order valence-corrected chi connectivity index (χ1v) is 11.7. The largest absolute Gasteiger partial charge is 0.460 e. The highest BCUT2D eigenvalue weighted by Gasteiger charge is 2.19. The van der Waals surface area contributed by atoms with Gasteiger partial charge in [-0.25, -0.2) is 0 Å². The summed E-state index contributed by atoms with van der Waals surface area (Å²) in [6, 6.07) is 19.4. The lowest BCUT2D eigenvalue weighted by molar-refractivity contribution is 0.500. The molecule has 0 aliphatic rings. The highest BCUT2D eigenvalue weighted by atomic mass is 16.3. The summed E-state index contributed by atoms with van der Waals surface area (Å²) in [5, 5.41) is 3.58. The van der Waals surface area contributed by atoms with Crippen LogP contribution in [0.25, 0.3) is 44.1 Å². The van der Waals surface area contributed by atoms with Crippen molar-refractivity contribution in [3.8, 4) is 22.4 Å². The fourth-order valence-corrected chi connectivity index (χ4v) is 4.56. The van der Waals surface area contributed by atoms with Gasteiger partial charge in [-0.15, -0.1) is 0 Å². The van der Waals surface area contributed by atoms with Crippen molar-refractivity contribution in [1.82, 2.24) is 9.97 Å². The van der Waals surface area contributed by atoms with Crippen LogP contribution < -0.4 is 0 Å². The van der Waals surface area contributed by atoms with Crippen LogP contribution in [0.3, 0.4) is 0 Å². The molecule has 0 aliphatic carbocycles. The number of hydrogen-bond donors (Lipinski definition) is 0. The molecule has 3 aromatic heterocycles. The van der Waals surface area contributed by atoms with Crippen LogP contribution in [0.1, 0.15) is 45.9 Å². The molecule has 0 fully saturated rings. The first-order valence-electron chi connectivity index (χ1n) is 11.7. The minimum atomic E-state index is 0.0315. The third kappa shape index (κ3) is 4.16. The lowest BCUT2D eigenvalue weighted by Crippen LogP contribution is -2.12. The first kappa shape index (κ1) is 21.4. The van der Waals surface area contributed by atoms with Gasteiger partial charge in [-0.2, -0.15) is 0 Å². The SMILES string of the molecule is CC(C)Cc1cc2cncc(-c3ccnc(-c4cc(C(C)(C)C)c5ccccc5c4)c3)c2o1. The average Bonchev–Trinajstić information content (AvgIpc) is 3.19. The third-order valence-electron chi connectivity index (χ3n) is 6.12. The van der Waals surface area contributed by atoms with Gasteiger partial charge in [0.15, 0.2) is 0 Å². The first-order chi connectivity index (χ1) is 15.8. The Labute approximate surface area is 195 Å². The maximum atomic E-state index is 6.27. The Hall–Kier alpha value is -3.46. The van der Waals surface area contributed by atoms with Gasteiger partial charge < -0.3 is 4.42 Å². The van der Waals surface area contributed by atoms with E-state index in [9.17, 15) is 0 Å². The Balaban J connectivity index is 1.64. The van der Waals surface area contributed by atoms with Gasteiger partial charge in [-0.3, -0.25) is 9.97 Å². The Morgan fingerprint density at radius 3 is 2.48 bits per heavy atom. The van der Waals surface area contributed by atoms with E-state index in [0.717, 1.165) is 45.5 Å².